The molecule has 5 heteroatoms. The molecule has 0 atom stereocenters. The molecule has 1 aromatic rings. The maximum Gasteiger partial charge on any atom is 0.0941 e. The number of hydrogen-bond donors (Lipinski definition) is 1. The highest BCUT2D eigenvalue weighted by atomic mass is 32.1. The predicted octanol–water partition coefficient (Wildman–Crippen LogP) is 1.52. The van der Waals surface area contributed by atoms with Crippen LogP contribution in [0.25, 0.3) is 0 Å². The summed E-state index contributed by atoms with van der Waals surface area (Å²) < 4.78 is 0. The number of hydrogen-bond acceptors (Lipinski definition) is 5. The smallest absolute Gasteiger partial charge is 0.0941 e. The lowest BCUT2D eigenvalue weighted by Crippen LogP contribution is -2.46. The van der Waals surface area contributed by atoms with Crippen LogP contribution in [0.5, 0.6) is 0 Å². The predicted molar refractivity (Wildman–Crippen MR) is 81.6 cm³/mol. The summed E-state index contributed by atoms with van der Waals surface area (Å²) in [4.78, 5) is 9.70. The van der Waals surface area contributed by atoms with E-state index in [0.717, 1.165) is 18.7 Å². The van der Waals surface area contributed by atoms with Crippen LogP contribution >= 0.6 is 11.3 Å². The van der Waals surface area contributed by atoms with Gasteiger partial charge in [-0.15, -0.1) is 11.3 Å². The number of nitrogens with two attached hydrogens (primary N) is 1. The molecule has 2 rings (SSSR count). The Bertz CT molecular complexity index is 388. The first kappa shape index (κ1) is 14.9. The van der Waals surface area contributed by atoms with Gasteiger partial charge >= 0.3 is 0 Å². The average molecular weight is 282 g/mol. The minimum Gasteiger partial charge on any atom is -0.321 e. The van der Waals surface area contributed by atoms with Crippen LogP contribution in [0.3, 0.4) is 0 Å². The number of rotatable bonds is 5. The van der Waals surface area contributed by atoms with Gasteiger partial charge in [0, 0.05) is 44.5 Å². The first-order valence-electron chi connectivity index (χ1n) is 7.17. The molecule has 19 heavy (non-hydrogen) atoms. The van der Waals surface area contributed by atoms with Crippen molar-refractivity contribution >= 4 is 11.3 Å². The zero-order valence-corrected chi connectivity index (χ0v) is 13.2. The van der Waals surface area contributed by atoms with E-state index in [1.54, 1.807) is 11.3 Å². The Morgan fingerprint density at radius 3 is 2.42 bits per heavy atom. The summed E-state index contributed by atoms with van der Waals surface area (Å²) in [7, 11) is 0. The minimum absolute atomic E-state index is 0.318. The molecule has 1 aromatic heterocycles. The van der Waals surface area contributed by atoms with E-state index in [4.69, 9.17) is 5.73 Å². The molecule has 0 spiro atoms. The zero-order chi connectivity index (χ0) is 13.9. The van der Waals surface area contributed by atoms with Gasteiger partial charge in [0.1, 0.15) is 0 Å². The first-order chi connectivity index (χ1) is 8.99. The third-order valence-corrected chi connectivity index (χ3v) is 4.67. The average Bonchev–Trinajstić information content (AvgIpc) is 2.86. The van der Waals surface area contributed by atoms with Crippen molar-refractivity contribution in [2.75, 3.05) is 39.3 Å². The number of thiazole rings is 1. The van der Waals surface area contributed by atoms with Crippen molar-refractivity contribution in [2.24, 2.45) is 5.73 Å². The Hall–Kier alpha value is -0.490. The molecule has 108 valence electrons. The van der Waals surface area contributed by atoms with Crippen LogP contribution in [0.15, 0.2) is 5.38 Å². The fourth-order valence-electron chi connectivity index (χ4n) is 2.30. The topological polar surface area (TPSA) is 45.4 Å². The Morgan fingerprint density at radius 1 is 1.26 bits per heavy atom. The molecule has 2 heterocycles. The second kappa shape index (κ2) is 6.31. The molecular formula is C14H26N4S. The molecule has 0 saturated carbocycles. The van der Waals surface area contributed by atoms with E-state index in [-0.39, 0.29) is 5.54 Å². The SMILES string of the molecule is CCN1CCN(CCc2nc(C(C)(C)N)cs2)CC1. The lowest BCUT2D eigenvalue weighted by atomic mass is 10.0. The summed E-state index contributed by atoms with van der Waals surface area (Å²) >= 11 is 1.74. The lowest BCUT2D eigenvalue weighted by molar-refractivity contribution is 0.138. The number of aromatic nitrogens is 1. The van der Waals surface area contributed by atoms with Crippen LogP contribution in [0.1, 0.15) is 31.5 Å². The maximum absolute atomic E-state index is 6.07. The van der Waals surface area contributed by atoms with Crippen molar-refractivity contribution in [3.8, 4) is 0 Å². The number of piperazine rings is 1. The molecule has 0 aromatic carbocycles. The van der Waals surface area contributed by atoms with E-state index in [2.05, 4.69) is 27.1 Å². The van der Waals surface area contributed by atoms with Crippen LogP contribution in [0, 0.1) is 0 Å². The highest BCUT2D eigenvalue weighted by Gasteiger charge is 2.19. The van der Waals surface area contributed by atoms with E-state index in [1.807, 2.05) is 13.8 Å². The summed E-state index contributed by atoms with van der Waals surface area (Å²) in [5.74, 6) is 0. The highest BCUT2D eigenvalue weighted by molar-refractivity contribution is 7.09. The molecule has 1 saturated heterocycles. The summed E-state index contributed by atoms with van der Waals surface area (Å²) in [6.45, 7) is 13.3. The third kappa shape index (κ3) is 4.24. The zero-order valence-electron chi connectivity index (χ0n) is 12.4. The van der Waals surface area contributed by atoms with Crippen molar-refractivity contribution in [2.45, 2.75) is 32.7 Å². The van der Waals surface area contributed by atoms with Gasteiger partial charge in [0.05, 0.1) is 16.2 Å². The number of nitrogens with zero attached hydrogens (tertiary/aromatic N) is 3. The van der Waals surface area contributed by atoms with E-state index >= 15 is 0 Å². The molecule has 1 aliphatic rings. The van der Waals surface area contributed by atoms with Gasteiger partial charge in [-0.05, 0) is 20.4 Å². The third-order valence-electron chi connectivity index (χ3n) is 3.77. The second-order valence-electron chi connectivity index (χ2n) is 5.87. The molecule has 0 amide bonds. The van der Waals surface area contributed by atoms with Gasteiger partial charge in [-0.25, -0.2) is 4.98 Å². The van der Waals surface area contributed by atoms with Gasteiger partial charge in [-0.2, -0.15) is 0 Å². The lowest BCUT2D eigenvalue weighted by Gasteiger charge is -2.33. The van der Waals surface area contributed by atoms with E-state index in [1.165, 1.54) is 37.7 Å². The van der Waals surface area contributed by atoms with Crippen LogP contribution in [-0.2, 0) is 12.0 Å². The van der Waals surface area contributed by atoms with E-state index < -0.39 is 0 Å². The summed E-state index contributed by atoms with van der Waals surface area (Å²) in [6.07, 6.45) is 1.05. The molecule has 0 bridgehead atoms. The van der Waals surface area contributed by atoms with Crippen molar-refractivity contribution in [3.63, 3.8) is 0 Å². The van der Waals surface area contributed by atoms with Gasteiger partial charge in [0.15, 0.2) is 0 Å². The first-order valence-corrected chi connectivity index (χ1v) is 8.05. The number of likely N-dealkylation sites (N-methyl/N-ethyl adjacent to an activating group) is 1. The van der Waals surface area contributed by atoms with Crippen LogP contribution < -0.4 is 5.73 Å². The Morgan fingerprint density at radius 2 is 1.89 bits per heavy atom. The van der Waals surface area contributed by atoms with Gasteiger partial charge in [-0.1, -0.05) is 6.92 Å². The van der Waals surface area contributed by atoms with Gasteiger partial charge in [-0.3, -0.25) is 0 Å². The molecule has 0 unspecified atom stereocenters. The Labute approximate surface area is 120 Å². The monoisotopic (exact) mass is 282 g/mol. The van der Waals surface area contributed by atoms with Gasteiger partial charge in [0.25, 0.3) is 0 Å². The molecular weight excluding hydrogens is 256 g/mol. The molecule has 4 nitrogen and oxygen atoms in total. The fraction of sp³-hybridized carbons (Fsp3) is 0.786. The summed E-state index contributed by atoms with van der Waals surface area (Å²) in [5, 5.41) is 3.32. The van der Waals surface area contributed by atoms with Crippen molar-refractivity contribution in [3.05, 3.63) is 16.1 Å². The molecule has 2 N–H and O–H groups in total. The molecule has 0 aliphatic carbocycles. The molecule has 0 radical (unpaired) electrons. The largest absolute Gasteiger partial charge is 0.321 e. The summed E-state index contributed by atoms with van der Waals surface area (Å²) in [6, 6.07) is 0. The van der Waals surface area contributed by atoms with Crippen molar-refractivity contribution in [1.29, 1.82) is 0 Å². The van der Waals surface area contributed by atoms with Crippen LogP contribution in [-0.4, -0.2) is 54.1 Å². The fourth-order valence-corrected chi connectivity index (χ4v) is 3.27. The molecule has 1 aliphatic heterocycles. The van der Waals surface area contributed by atoms with E-state index in [9.17, 15) is 0 Å². The highest BCUT2D eigenvalue weighted by Crippen LogP contribution is 2.20. The molecule has 1 fully saturated rings. The van der Waals surface area contributed by atoms with Crippen molar-refractivity contribution < 1.29 is 0 Å². The van der Waals surface area contributed by atoms with E-state index in [0.29, 0.717) is 0 Å². The van der Waals surface area contributed by atoms with Crippen LogP contribution in [0.4, 0.5) is 0 Å². The van der Waals surface area contributed by atoms with Gasteiger partial charge in [0.2, 0.25) is 0 Å². The quantitative estimate of drug-likeness (QED) is 0.889. The standard InChI is InChI=1S/C14H26N4S/c1-4-17-7-9-18(10-8-17)6-5-13-16-12(11-19-13)14(2,3)15/h11H,4-10,15H2,1-3H3. The maximum atomic E-state index is 6.07. The Balaban J connectivity index is 1.78. The normalized spacial score (nSPS) is 18.9. The minimum atomic E-state index is -0.318. The Kier molecular flexibility index (Phi) is 4.95. The second-order valence-corrected chi connectivity index (χ2v) is 6.82. The van der Waals surface area contributed by atoms with Crippen molar-refractivity contribution in [1.82, 2.24) is 14.8 Å². The van der Waals surface area contributed by atoms with Gasteiger partial charge < -0.3 is 15.5 Å². The van der Waals surface area contributed by atoms with Crippen LogP contribution in [0.2, 0.25) is 0 Å². The summed E-state index contributed by atoms with van der Waals surface area (Å²) in [5.41, 5.74) is 6.77.